The summed E-state index contributed by atoms with van der Waals surface area (Å²) >= 11 is 0. The van der Waals surface area contributed by atoms with Crippen molar-refractivity contribution in [1.29, 1.82) is 0 Å². The second-order valence-corrected chi connectivity index (χ2v) is 3.87. The molecular weight excluding hydrogens is 180 g/mol. The van der Waals surface area contributed by atoms with Crippen LogP contribution in [0.25, 0.3) is 0 Å². The van der Waals surface area contributed by atoms with Crippen LogP contribution in [0.5, 0.6) is 0 Å². The Hall–Kier alpha value is -1.00. The lowest BCUT2D eigenvalue weighted by Gasteiger charge is -1.97. The van der Waals surface area contributed by atoms with Gasteiger partial charge < -0.3 is 0 Å². The quantitative estimate of drug-likeness (QED) is 0.427. The summed E-state index contributed by atoms with van der Waals surface area (Å²) in [5.41, 5.74) is 7.41. The summed E-state index contributed by atoms with van der Waals surface area (Å²) in [6.45, 7) is 10.8. The molecule has 0 N–H and O–H groups in total. The average Bonchev–Trinajstić information content (AvgIpc) is 2.23. The Morgan fingerprint density at radius 2 is 1.67 bits per heavy atom. The summed E-state index contributed by atoms with van der Waals surface area (Å²) in [6.07, 6.45) is 9.77. The van der Waals surface area contributed by atoms with Crippen molar-refractivity contribution in [3.05, 3.63) is 40.7 Å². The van der Waals surface area contributed by atoms with Gasteiger partial charge in [0.15, 0.2) is 0 Å². The predicted octanol–water partition coefficient (Wildman–Crippen LogP) is 5.19. The molecule has 0 heteroatoms. The Bertz CT molecular complexity index is 284. The van der Waals surface area contributed by atoms with Crippen molar-refractivity contribution in [1.82, 2.24) is 0 Å². The van der Waals surface area contributed by atoms with Gasteiger partial charge in [-0.1, -0.05) is 38.5 Å². The summed E-state index contributed by atoms with van der Waals surface area (Å²) in [6, 6.07) is 0. The topological polar surface area (TPSA) is 0 Å². The van der Waals surface area contributed by atoms with Crippen LogP contribution in [-0.2, 0) is 0 Å². The first kappa shape index (κ1) is 14.0. The molecule has 0 aliphatic heterocycles. The Balaban J connectivity index is 4.93. The maximum absolute atomic E-state index is 3.39. The third-order valence-electron chi connectivity index (χ3n) is 2.40. The normalized spacial score (nSPS) is 9.93. The van der Waals surface area contributed by atoms with E-state index in [2.05, 4.69) is 58.6 Å². The van der Waals surface area contributed by atoms with Gasteiger partial charge in [-0.3, -0.25) is 0 Å². The van der Waals surface area contributed by atoms with Crippen molar-refractivity contribution >= 4 is 0 Å². The Morgan fingerprint density at radius 3 is 2.07 bits per heavy atom. The molecule has 0 unspecified atom stereocenters. The van der Waals surface area contributed by atoms with Gasteiger partial charge in [-0.2, -0.15) is 0 Å². The zero-order chi connectivity index (χ0) is 11.7. The smallest absolute Gasteiger partial charge is 0.0128 e. The molecule has 0 saturated carbocycles. The van der Waals surface area contributed by atoms with Gasteiger partial charge in [-0.25, -0.2) is 0 Å². The van der Waals surface area contributed by atoms with E-state index in [0.29, 0.717) is 0 Å². The highest BCUT2D eigenvalue weighted by molar-refractivity contribution is 5.34. The fourth-order valence-corrected chi connectivity index (χ4v) is 1.24. The summed E-state index contributed by atoms with van der Waals surface area (Å²) in [5.74, 6) is 0. The van der Waals surface area contributed by atoms with Crippen molar-refractivity contribution < 1.29 is 0 Å². The molecule has 0 aliphatic carbocycles. The van der Waals surface area contributed by atoms with Crippen LogP contribution in [0, 0.1) is 0 Å². The summed E-state index contributed by atoms with van der Waals surface area (Å²) < 4.78 is 0. The van der Waals surface area contributed by atoms with Crippen molar-refractivity contribution in [2.45, 2.75) is 53.9 Å². The van der Waals surface area contributed by atoms with E-state index in [0.717, 1.165) is 19.3 Å². The fraction of sp³-hybridized carbons (Fsp3) is 0.533. The molecule has 0 amide bonds. The van der Waals surface area contributed by atoms with Crippen LogP contribution in [0.4, 0.5) is 0 Å². The van der Waals surface area contributed by atoms with Gasteiger partial charge >= 0.3 is 0 Å². The molecule has 0 aliphatic rings. The SMILES string of the molecule is CCC=CC(C=C=C(CC)CC)=C(C)C. The molecule has 84 valence electrons. The number of hydrogen-bond donors (Lipinski definition) is 0. The van der Waals surface area contributed by atoms with Crippen LogP contribution in [0.2, 0.25) is 0 Å². The number of allylic oxidation sites excluding steroid dienone is 5. The molecule has 0 bridgehead atoms. The molecule has 15 heavy (non-hydrogen) atoms. The molecular formula is C15H24. The lowest BCUT2D eigenvalue weighted by molar-refractivity contribution is 0.982. The van der Waals surface area contributed by atoms with Gasteiger partial charge in [0.2, 0.25) is 0 Å². The zero-order valence-corrected chi connectivity index (χ0v) is 10.9. The molecule has 0 spiro atoms. The highest BCUT2D eigenvalue weighted by atomic mass is 13.9. The maximum Gasteiger partial charge on any atom is -0.0128 e. The lowest BCUT2D eigenvalue weighted by Crippen LogP contribution is -1.78. The Kier molecular flexibility index (Phi) is 7.77. The van der Waals surface area contributed by atoms with E-state index in [4.69, 9.17) is 0 Å². The van der Waals surface area contributed by atoms with Crippen LogP contribution < -0.4 is 0 Å². The predicted molar refractivity (Wildman–Crippen MR) is 70.0 cm³/mol. The van der Waals surface area contributed by atoms with Crippen LogP contribution in [0.3, 0.4) is 0 Å². The van der Waals surface area contributed by atoms with Crippen molar-refractivity contribution in [3.8, 4) is 0 Å². The molecule has 0 nitrogen and oxygen atoms in total. The van der Waals surface area contributed by atoms with E-state index in [9.17, 15) is 0 Å². The van der Waals surface area contributed by atoms with Crippen molar-refractivity contribution in [2.24, 2.45) is 0 Å². The molecule has 0 heterocycles. The fourth-order valence-electron chi connectivity index (χ4n) is 1.24. The van der Waals surface area contributed by atoms with E-state index >= 15 is 0 Å². The van der Waals surface area contributed by atoms with Crippen LogP contribution >= 0.6 is 0 Å². The van der Waals surface area contributed by atoms with Crippen molar-refractivity contribution in [2.75, 3.05) is 0 Å². The first-order valence-corrected chi connectivity index (χ1v) is 5.94. The van der Waals surface area contributed by atoms with Gasteiger partial charge in [-0.05, 0) is 50.3 Å². The Morgan fingerprint density at radius 1 is 1.07 bits per heavy atom. The largest absolute Gasteiger partial charge is 0.121 e. The van der Waals surface area contributed by atoms with E-state index < -0.39 is 0 Å². The number of hydrogen-bond acceptors (Lipinski definition) is 0. The standard InChI is InChI=1S/C15H24/c1-6-9-10-15(13(4)5)12-11-14(7-2)8-3/h9-10,12H,6-8H2,1-5H3. The highest BCUT2D eigenvalue weighted by Crippen LogP contribution is 2.09. The second-order valence-electron chi connectivity index (χ2n) is 3.87. The third-order valence-corrected chi connectivity index (χ3v) is 2.40. The maximum atomic E-state index is 3.39. The minimum absolute atomic E-state index is 1.09. The van der Waals surface area contributed by atoms with Gasteiger partial charge in [0, 0.05) is 0 Å². The average molecular weight is 204 g/mol. The Labute approximate surface area is 95.1 Å². The van der Waals surface area contributed by atoms with Crippen LogP contribution in [0.15, 0.2) is 40.7 Å². The van der Waals surface area contributed by atoms with Crippen molar-refractivity contribution in [3.63, 3.8) is 0 Å². The van der Waals surface area contributed by atoms with Gasteiger partial charge in [0.25, 0.3) is 0 Å². The minimum Gasteiger partial charge on any atom is -0.121 e. The lowest BCUT2D eigenvalue weighted by atomic mass is 10.1. The van der Waals surface area contributed by atoms with Gasteiger partial charge in [0.1, 0.15) is 0 Å². The summed E-state index contributed by atoms with van der Waals surface area (Å²) in [5, 5.41) is 0. The zero-order valence-electron chi connectivity index (χ0n) is 10.9. The van der Waals surface area contributed by atoms with E-state index in [1.807, 2.05) is 0 Å². The van der Waals surface area contributed by atoms with E-state index in [1.54, 1.807) is 0 Å². The molecule has 0 rings (SSSR count). The molecule has 0 aromatic carbocycles. The molecule has 0 radical (unpaired) electrons. The first-order valence-electron chi connectivity index (χ1n) is 5.94. The molecule has 0 aromatic heterocycles. The summed E-state index contributed by atoms with van der Waals surface area (Å²) in [4.78, 5) is 0. The molecule has 0 fully saturated rings. The van der Waals surface area contributed by atoms with Crippen LogP contribution in [-0.4, -0.2) is 0 Å². The highest BCUT2D eigenvalue weighted by Gasteiger charge is 1.90. The first-order chi connectivity index (χ1) is 7.15. The number of rotatable bonds is 5. The van der Waals surface area contributed by atoms with Gasteiger partial charge in [0.05, 0.1) is 0 Å². The molecule has 0 atom stereocenters. The summed E-state index contributed by atoms with van der Waals surface area (Å²) in [7, 11) is 0. The van der Waals surface area contributed by atoms with E-state index in [-0.39, 0.29) is 0 Å². The van der Waals surface area contributed by atoms with Gasteiger partial charge in [-0.15, -0.1) is 5.73 Å². The van der Waals surface area contributed by atoms with E-state index in [1.165, 1.54) is 16.7 Å². The second kappa shape index (κ2) is 8.32. The molecule has 0 saturated heterocycles. The monoisotopic (exact) mass is 204 g/mol. The minimum atomic E-state index is 1.09. The molecule has 0 aromatic rings. The van der Waals surface area contributed by atoms with Crippen LogP contribution in [0.1, 0.15) is 53.9 Å². The third kappa shape index (κ3) is 6.14.